The minimum atomic E-state index is -6.06. The second-order valence-corrected chi connectivity index (χ2v) is 2.35. The topological polar surface area (TPSA) is 31.5 Å². The van der Waals surface area contributed by atoms with Gasteiger partial charge in [0.1, 0.15) is 0 Å². The maximum atomic E-state index is 12.0. The molecule has 0 saturated heterocycles. The third-order valence-electron chi connectivity index (χ3n) is 1.53. The molecule has 0 atom stereocenters. The summed E-state index contributed by atoms with van der Waals surface area (Å²) in [6, 6.07) is 0. The lowest BCUT2D eigenvalue weighted by molar-refractivity contribution is -0.271. The Balaban J connectivity index is 0.00000169. The maximum Gasteiger partial charge on any atom is 0.385 e. The van der Waals surface area contributed by atoms with Crippen LogP contribution in [-0.2, 0) is 0 Å². The van der Waals surface area contributed by atoms with Crippen LogP contribution >= 0.6 is 0 Å². The average molecular weight is 230 g/mol. The molecule has 14 heavy (non-hydrogen) atoms. The Kier molecular flexibility index (Phi) is 2.64. The van der Waals surface area contributed by atoms with Crippen LogP contribution in [0, 0.1) is 0 Å². The predicted octanol–water partition coefficient (Wildman–Crippen LogP) is 2.23. The van der Waals surface area contributed by atoms with Gasteiger partial charge in [-0.2, -0.15) is 26.3 Å². The summed E-state index contributed by atoms with van der Waals surface area (Å²) in [5, 5.41) is 0. The van der Waals surface area contributed by atoms with E-state index in [1.165, 1.54) is 0 Å². The fourth-order valence-corrected chi connectivity index (χ4v) is 0.749. The number of alkyl halides is 6. The van der Waals surface area contributed by atoms with Gasteiger partial charge in [-0.25, -0.2) is 8.78 Å². The summed E-state index contributed by atoms with van der Waals surface area (Å²) < 4.78 is 95.6. The van der Waals surface area contributed by atoms with Crippen LogP contribution in [0.2, 0.25) is 0 Å². The fraction of sp³-hybridized carbons (Fsp3) is 0.600. The van der Waals surface area contributed by atoms with E-state index in [1.54, 1.807) is 0 Å². The van der Waals surface area contributed by atoms with Crippen molar-refractivity contribution in [2.75, 3.05) is 0 Å². The van der Waals surface area contributed by atoms with E-state index < -0.39 is 29.4 Å². The van der Waals surface area contributed by atoms with Crippen molar-refractivity contribution in [1.29, 1.82) is 0 Å². The molecular weight excluding hydrogens is 228 g/mol. The Morgan fingerprint density at radius 1 is 0.643 bits per heavy atom. The quantitative estimate of drug-likeness (QED) is 0.571. The second kappa shape index (κ2) is 2.81. The van der Waals surface area contributed by atoms with Crippen LogP contribution < -0.4 is 0 Å². The molecule has 0 radical (unpaired) electrons. The molecule has 1 aliphatic carbocycles. The number of rotatable bonds is 0. The Labute approximate surface area is 71.3 Å². The van der Waals surface area contributed by atoms with Crippen molar-refractivity contribution in [1.82, 2.24) is 0 Å². The van der Waals surface area contributed by atoms with Crippen molar-refractivity contribution >= 4 is 0 Å². The van der Waals surface area contributed by atoms with Gasteiger partial charge in [0.2, 0.25) is 11.7 Å². The predicted molar refractivity (Wildman–Crippen MR) is 27.7 cm³/mol. The van der Waals surface area contributed by atoms with Gasteiger partial charge >= 0.3 is 17.8 Å². The van der Waals surface area contributed by atoms with Gasteiger partial charge < -0.3 is 5.48 Å². The summed E-state index contributed by atoms with van der Waals surface area (Å²) in [6.45, 7) is 0. The van der Waals surface area contributed by atoms with Crippen molar-refractivity contribution in [2.24, 2.45) is 0 Å². The molecule has 1 aliphatic rings. The monoisotopic (exact) mass is 230 g/mol. The maximum absolute atomic E-state index is 12.0. The standard InChI is InChI=1S/C5F8.H2O/c6-1-2(7)4(10,11)5(12,13)3(1,8)9;/h;1H2. The summed E-state index contributed by atoms with van der Waals surface area (Å²) >= 11 is 0. The molecule has 1 rings (SSSR count). The van der Waals surface area contributed by atoms with Crippen molar-refractivity contribution < 1.29 is 40.6 Å². The molecule has 0 aliphatic heterocycles. The van der Waals surface area contributed by atoms with Gasteiger partial charge in [0.05, 0.1) is 0 Å². The molecule has 2 N–H and O–H groups in total. The SMILES string of the molecule is FC1=C(F)C(F)(F)C(F)(F)C1(F)F.O. The van der Waals surface area contributed by atoms with Crippen LogP contribution in [0.15, 0.2) is 11.7 Å². The third kappa shape index (κ3) is 1.04. The van der Waals surface area contributed by atoms with E-state index in [0.29, 0.717) is 0 Å². The minimum absolute atomic E-state index is 0. The minimum Gasteiger partial charge on any atom is -0.412 e. The van der Waals surface area contributed by atoms with Crippen molar-refractivity contribution in [3.8, 4) is 0 Å². The first-order chi connectivity index (χ1) is 5.57. The molecule has 1 nitrogen and oxygen atoms in total. The molecule has 0 fully saturated rings. The smallest absolute Gasteiger partial charge is 0.385 e. The zero-order valence-electron chi connectivity index (χ0n) is 6.02. The van der Waals surface area contributed by atoms with Gasteiger partial charge in [-0.05, 0) is 0 Å². The number of allylic oxidation sites excluding steroid dienone is 2. The molecule has 0 aromatic rings. The van der Waals surface area contributed by atoms with E-state index in [4.69, 9.17) is 0 Å². The molecule has 0 spiro atoms. The Hall–Kier alpha value is -0.860. The first kappa shape index (κ1) is 13.1. The van der Waals surface area contributed by atoms with Gasteiger partial charge in [-0.3, -0.25) is 0 Å². The lowest BCUT2D eigenvalue weighted by Crippen LogP contribution is -2.48. The van der Waals surface area contributed by atoms with E-state index in [-0.39, 0.29) is 5.48 Å². The second-order valence-electron chi connectivity index (χ2n) is 2.35. The summed E-state index contributed by atoms with van der Waals surface area (Å²) in [5.41, 5.74) is 0. The van der Waals surface area contributed by atoms with Crippen LogP contribution in [-0.4, -0.2) is 23.2 Å². The highest BCUT2D eigenvalue weighted by Gasteiger charge is 2.82. The average Bonchev–Trinajstić information content (AvgIpc) is 2.05. The van der Waals surface area contributed by atoms with Crippen LogP contribution in [0.5, 0.6) is 0 Å². The number of halogens is 8. The van der Waals surface area contributed by atoms with Crippen molar-refractivity contribution in [2.45, 2.75) is 17.8 Å². The zero-order chi connectivity index (χ0) is 10.7. The van der Waals surface area contributed by atoms with E-state index in [2.05, 4.69) is 0 Å². The molecule has 0 amide bonds. The van der Waals surface area contributed by atoms with Gasteiger partial charge in [0, 0.05) is 0 Å². The Bertz CT molecular complexity index is 253. The first-order valence-corrected chi connectivity index (χ1v) is 2.76. The molecule has 9 heteroatoms. The fourth-order valence-electron chi connectivity index (χ4n) is 0.749. The zero-order valence-corrected chi connectivity index (χ0v) is 6.02. The van der Waals surface area contributed by atoms with Crippen LogP contribution in [0.25, 0.3) is 0 Å². The van der Waals surface area contributed by atoms with Crippen LogP contribution in [0.4, 0.5) is 35.1 Å². The lowest BCUT2D eigenvalue weighted by atomic mass is 10.2. The summed E-state index contributed by atoms with van der Waals surface area (Å²) in [4.78, 5) is 0. The third-order valence-corrected chi connectivity index (χ3v) is 1.53. The molecule has 0 unspecified atom stereocenters. The van der Waals surface area contributed by atoms with Gasteiger partial charge in [0.25, 0.3) is 0 Å². The van der Waals surface area contributed by atoms with Gasteiger partial charge in [0.15, 0.2) is 0 Å². The highest BCUT2D eigenvalue weighted by Crippen LogP contribution is 2.59. The lowest BCUT2D eigenvalue weighted by Gasteiger charge is -2.22. The Morgan fingerprint density at radius 2 is 0.857 bits per heavy atom. The van der Waals surface area contributed by atoms with Crippen molar-refractivity contribution in [3.05, 3.63) is 11.7 Å². The van der Waals surface area contributed by atoms with Gasteiger partial charge in [-0.15, -0.1) is 0 Å². The molecule has 0 aromatic carbocycles. The molecule has 0 aromatic heterocycles. The summed E-state index contributed by atoms with van der Waals surface area (Å²) in [7, 11) is 0. The normalized spacial score (nSPS) is 27.4. The first-order valence-electron chi connectivity index (χ1n) is 2.76. The van der Waals surface area contributed by atoms with Gasteiger partial charge in [-0.1, -0.05) is 0 Å². The van der Waals surface area contributed by atoms with E-state index in [0.717, 1.165) is 0 Å². The number of hydrogen-bond acceptors (Lipinski definition) is 0. The van der Waals surface area contributed by atoms with E-state index in [1.807, 2.05) is 0 Å². The highest BCUT2D eigenvalue weighted by atomic mass is 19.4. The van der Waals surface area contributed by atoms with E-state index in [9.17, 15) is 35.1 Å². The van der Waals surface area contributed by atoms with Crippen molar-refractivity contribution in [3.63, 3.8) is 0 Å². The Morgan fingerprint density at radius 3 is 0.929 bits per heavy atom. The molecule has 84 valence electrons. The summed E-state index contributed by atoms with van der Waals surface area (Å²) in [6.07, 6.45) is 0. The summed E-state index contributed by atoms with van der Waals surface area (Å²) in [5.74, 6) is -24.5. The van der Waals surface area contributed by atoms with E-state index >= 15 is 0 Å². The highest BCUT2D eigenvalue weighted by molar-refractivity contribution is 5.32. The molecule has 0 bridgehead atoms. The largest absolute Gasteiger partial charge is 0.412 e. The van der Waals surface area contributed by atoms with Crippen LogP contribution in [0.3, 0.4) is 0 Å². The molecule has 0 heterocycles. The molecule has 0 saturated carbocycles. The molecular formula is C5H2F8O. The number of hydrogen-bond donors (Lipinski definition) is 0. The van der Waals surface area contributed by atoms with Crippen LogP contribution in [0.1, 0.15) is 0 Å².